The minimum Gasteiger partial charge on any atom is -0.480 e. The SMILES string of the molecule is CCN(CCCBr)c1ncc(Br)c(OC)n1. The Morgan fingerprint density at radius 2 is 2.25 bits per heavy atom. The number of alkyl halides is 1. The molecule has 0 radical (unpaired) electrons. The average Bonchev–Trinajstić information content (AvgIpc) is 2.32. The Hall–Kier alpha value is -0.360. The predicted molar refractivity (Wildman–Crippen MR) is 72.6 cm³/mol. The lowest BCUT2D eigenvalue weighted by atomic mass is 10.4. The van der Waals surface area contributed by atoms with Crippen LogP contribution in [0.2, 0.25) is 0 Å². The van der Waals surface area contributed by atoms with Crippen molar-refractivity contribution >= 4 is 37.8 Å². The summed E-state index contributed by atoms with van der Waals surface area (Å²) in [7, 11) is 1.60. The third-order valence-corrected chi connectivity index (χ3v) is 3.22. The molecule has 1 aromatic rings. The van der Waals surface area contributed by atoms with E-state index in [0.29, 0.717) is 11.8 Å². The first kappa shape index (κ1) is 13.7. The quantitative estimate of drug-likeness (QED) is 0.738. The van der Waals surface area contributed by atoms with E-state index in [9.17, 15) is 0 Å². The average molecular weight is 353 g/mol. The Bertz CT molecular complexity index is 336. The van der Waals surface area contributed by atoms with Crippen molar-refractivity contribution in [2.45, 2.75) is 13.3 Å². The molecule has 90 valence electrons. The number of aromatic nitrogens is 2. The largest absolute Gasteiger partial charge is 0.480 e. The Balaban J connectivity index is 2.83. The Kier molecular flexibility index (Phi) is 6.05. The van der Waals surface area contributed by atoms with Crippen molar-refractivity contribution in [3.05, 3.63) is 10.7 Å². The summed E-state index contributed by atoms with van der Waals surface area (Å²) in [5.74, 6) is 1.28. The minimum atomic E-state index is 0.572. The molecule has 0 amide bonds. The van der Waals surface area contributed by atoms with Crippen LogP contribution in [0.4, 0.5) is 5.95 Å². The van der Waals surface area contributed by atoms with Gasteiger partial charge in [-0.3, -0.25) is 0 Å². The van der Waals surface area contributed by atoms with Crippen molar-refractivity contribution in [2.75, 3.05) is 30.4 Å². The minimum absolute atomic E-state index is 0.572. The highest BCUT2D eigenvalue weighted by molar-refractivity contribution is 9.10. The Labute approximate surface area is 113 Å². The standard InChI is InChI=1S/C10H15Br2N3O/c1-3-15(6-4-5-11)10-13-7-8(12)9(14-10)16-2/h7H,3-6H2,1-2H3. The summed E-state index contributed by atoms with van der Waals surface area (Å²) in [5, 5.41) is 0.983. The number of hydrogen-bond acceptors (Lipinski definition) is 4. The number of rotatable bonds is 6. The fraction of sp³-hybridized carbons (Fsp3) is 0.600. The van der Waals surface area contributed by atoms with Crippen LogP contribution in [0.3, 0.4) is 0 Å². The van der Waals surface area contributed by atoms with Gasteiger partial charge < -0.3 is 9.64 Å². The van der Waals surface area contributed by atoms with Crippen molar-refractivity contribution in [3.63, 3.8) is 0 Å². The molecule has 1 aromatic heterocycles. The maximum atomic E-state index is 5.15. The second kappa shape index (κ2) is 7.06. The second-order valence-electron chi connectivity index (χ2n) is 3.15. The molecule has 0 bridgehead atoms. The molecule has 0 aliphatic rings. The monoisotopic (exact) mass is 351 g/mol. The first-order chi connectivity index (χ1) is 7.72. The van der Waals surface area contributed by atoms with Crippen LogP contribution in [-0.2, 0) is 0 Å². The van der Waals surface area contributed by atoms with E-state index in [1.165, 1.54) is 0 Å². The van der Waals surface area contributed by atoms with Gasteiger partial charge in [-0.1, -0.05) is 15.9 Å². The number of hydrogen-bond donors (Lipinski definition) is 0. The highest BCUT2D eigenvalue weighted by Gasteiger charge is 2.10. The van der Waals surface area contributed by atoms with Crippen molar-refractivity contribution in [3.8, 4) is 5.88 Å². The van der Waals surface area contributed by atoms with Crippen LogP contribution in [0.15, 0.2) is 10.7 Å². The lowest BCUT2D eigenvalue weighted by Gasteiger charge is -2.20. The number of nitrogens with zero attached hydrogens (tertiary/aromatic N) is 3. The van der Waals surface area contributed by atoms with E-state index in [1.807, 2.05) is 0 Å². The molecule has 0 spiro atoms. The molecule has 0 aliphatic heterocycles. The van der Waals surface area contributed by atoms with E-state index in [-0.39, 0.29) is 0 Å². The molecule has 1 heterocycles. The van der Waals surface area contributed by atoms with Crippen LogP contribution in [0.1, 0.15) is 13.3 Å². The lowest BCUT2D eigenvalue weighted by Crippen LogP contribution is -2.26. The summed E-state index contributed by atoms with van der Waals surface area (Å²) >= 11 is 6.76. The molecule has 0 unspecified atom stereocenters. The second-order valence-corrected chi connectivity index (χ2v) is 4.80. The van der Waals surface area contributed by atoms with E-state index in [4.69, 9.17) is 4.74 Å². The van der Waals surface area contributed by atoms with Gasteiger partial charge in [0.2, 0.25) is 11.8 Å². The number of ether oxygens (including phenoxy) is 1. The summed E-state index contributed by atoms with van der Waals surface area (Å²) in [6, 6.07) is 0. The van der Waals surface area contributed by atoms with Crippen molar-refractivity contribution in [1.29, 1.82) is 0 Å². The van der Waals surface area contributed by atoms with Crippen LogP contribution >= 0.6 is 31.9 Å². The highest BCUT2D eigenvalue weighted by atomic mass is 79.9. The molecule has 0 fully saturated rings. The molecular weight excluding hydrogens is 338 g/mol. The van der Waals surface area contributed by atoms with Crippen LogP contribution in [0.25, 0.3) is 0 Å². The molecule has 16 heavy (non-hydrogen) atoms. The molecule has 0 aliphatic carbocycles. The summed E-state index contributed by atoms with van der Waals surface area (Å²) in [4.78, 5) is 10.8. The van der Waals surface area contributed by atoms with Crippen molar-refractivity contribution in [1.82, 2.24) is 9.97 Å². The number of methoxy groups -OCH3 is 1. The van der Waals surface area contributed by atoms with Gasteiger partial charge in [-0.15, -0.1) is 0 Å². The smallest absolute Gasteiger partial charge is 0.232 e. The fourth-order valence-electron chi connectivity index (χ4n) is 1.29. The van der Waals surface area contributed by atoms with E-state index in [1.54, 1.807) is 13.3 Å². The zero-order valence-electron chi connectivity index (χ0n) is 9.41. The van der Waals surface area contributed by atoms with Gasteiger partial charge in [0.15, 0.2) is 0 Å². The molecule has 0 atom stereocenters. The molecule has 0 saturated carbocycles. The van der Waals surface area contributed by atoms with E-state index in [0.717, 1.165) is 29.3 Å². The Morgan fingerprint density at radius 1 is 1.50 bits per heavy atom. The third kappa shape index (κ3) is 3.59. The van der Waals surface area contributed by atoms with Crippen LogP contribution in [-0.4, -0.2) is 35.5 Å². The van der Waals surface area contributed by atoms with Gasteiger partial charge in [0.1, 0.15) is 0 Å². The molecule has 0 saturated heterocycles. The summed E-state index contributed by atoms with van der Waals surface area (Å²) in [6.45, 7) is 3.91. The fourth-order valence-corrected chi connectivity index (χ4v) is 1.89. The first-order valence-electron chi connectivity index (χ1n) is 5.10. The molecule has 4 nitrogen and oxygen atoms in total. The van der Waals surface area contributed by atoms with Gasteiger partial charge >= 0.3 is 0 Å². The Morgan fingerprint density at radius 3 is 2.81 bits per heavy atom. The first-order valence-corrected chi connectivity index (χ1v) is 7.01. The molecular formula is C10H15Br2N3O. The van der Waals surface area contributed by atoms with Gasteiger partial charge in [0.05, 0.1) is 17.8 Å². The molecule has 0 N–H and O–H groups in total. The van der Waals surface area contributed by atoms with E-state index in [2.05, 4.69) is 53.7 Å². The van der Waals surface area contributed by atoms with Crippen LogP contribution < -0.4 is 9.64 Å². The van der Waals surface area contributed by atoms with Gasteiger partial charge in [0, 0.05) is 18.4 Å². The van der Waals surface area contributed by atoms with Gasteiger partial charge in [0.25, 0.3) is 0 Å². The highest BCUT2D eigenvalue weighted by Crippen LogP contribution is 2.23. The third-order valence-electron chi connectivity index (χ3n) is 2.12. The predicted octanol–water partition coefficient (Wildman–Crippen LogP) is 2.86. The van der Waals surface area contributed by atoms with Gasteiger partial charge in [-0.2, -0.15) is 4.98 Å². The van der Waals surface area contributed by atoms with E-state index < -0.39 is 0 Å². The van der Waals surface area contributed by atoms with E-state index >= 15 is 0 Å². The molecule has 1 rings (SSSR count). The number of anilines is 1. The lowest BCUT2D eigenvalue weighted by molar-refractivity contribution is 0.393. The molecule has 0 aromatic carbocycles. The zero-order valence-corrected chi connectivity index (χ0v) is 12.6. The van der Waals surface area contributed by atoms with Gasteiger partial charge in [-0.25, -0.2) is 4.98 Å². The zero-order chi connectivity index (χ0) is 12.0. The van der Waals surface area contributed by atoms with Crippen LogP contribution in [0.5, 0.6) is 5.88 Å². The maximum Gasteiger partial charge on any atom is 0.232 e. The topological polar surface area (TPSA) is 38.2 Å². The van der Waals surface area contributed by atoms with Gasteiger partial charge in [-0.05, 0) is 29.3 Å². The van der Waals surface area contributed by atoms with Crippen LogP contribution in [0, 0.1) is 0 Å². The normalized spacial score (nSPS) is 10.2. The maximum absolute atomic E-state index is 5.15. The number of halogens is 2. The summed E-state index contributed by atoms with van der Waals surface area (Å²) in [5.41, 5.74) is 0. The molecule has 6 heteroatoms. The summed E-state index contributed by atoms with van der Waals surface area (Å²) in [6.07, 6.45) is 2.79. The van der Waals surface area contributed by atoms with Crippen molar-refractivity contribution in [2.24, 2.45) is 0 Å². The van der Waals surface area contributed by atoms with Crippen molar-refractivity contribution < 1.29 is 4.74 Å². The summed E-state index contributed by atoms with van der Waals surface area (Å²) < 4.78 is 5.92.